The quantitative estimate of drug-likeness (QED) is 0.865. The Morgan fingerprint density at radius 2 is 1.65 bits per heavy atom. The van der Waals surface area contributed by atoms with Crippen LogP contribution in [0.25, 0.3) is 0 Å². The molecule has 1 fully saturated rings. The zero-order valence-electron chi connectivity index (χ0n) is 12.9. The van der Waals surface area contributed by atoms with E-state index in [9.17, 15) is 13.7 Å². The van der Waals surface area contributed by atoms with Gasteiger partial charge in [-0.05, 0) is 36.8 Å². The van der Waals surface area contributed by atoms with E-state index in [1.165, 1.54) is 0 Å². The van der Waals surface area contributed by atoms with Gasteiger partial charge in [-0.3, -0.25) is 0 Å². The summed E-state index contributed by atoms with van der Waals surface area (Å²) in [5, 5.41) is 8.65. The summed E-state index contributed by atoms with van der Waals surface area (Å²) in [5.74, 6) is -0.0762. The molecule has 23 heavy (non-hydrogen) atoms. The Morgan fingerprint density at radius 1 is 1.04 bits per heavy atom. The van der Waals surface area contributed by atoms with Gasteiger partial charge in [-0.2, -0.15) is 5.26 Å². The monoisotopic (exact) mass is 327 g/mol. The van der Waals surface area contributed by atoms with E-state index in [0.29, 0.717) is 5.75 Å². The van der Waals surface area contributed by atoms with Crippen LogP contribution in [-0.2, 0) is 9.84 Å². The van der Waals surface area contributed by atoms with E-state index in [-0.39, 0.29) is 10.8 Å². The van der Waals surface area contributed by atoms with Crippen LogP contribution in [0.2, 0.25) is 0 Å². The zero-order chi connectivity index (χ0) is 16.6. The third-order valence-electron chi connectivity index (χ3n) is 4.31. The summed E-state index contributed by atoms with van der Waals surface area (Å²) in [4.78, 5) is 0.282. The Hall–Kier alpha value is -2.32. The fourth-order valence-electron chi connectivity index (χ4n) is 2.93. The second-order valence-corrected chi connectivity index (χ2v) is 7.88. The van der Waals surface area contributed by atoms with Crippen molar-refractivity contribution in [1.29, 1.82) is 5.26 Å². The standard InChI is InChI=1S/C18H17NO3S/c1-12-3-9-15(10-4-12)23(20,21)18-16(11-19)17(18)13-5-7-14(22-2)8-6-13/h3-10,16-18H,1-2H3/t16-,17-,18-/m0/s1. The van der Waals surface area contributed by atoms with Gasteiger partial charge in [0.2, 0.25) is 0 Å². The van der Waals surface area contributed by atoms with Crippen LogP contribution in [0.15, 0.2) is 53.4 Å². The number of nitriles is 1. The first kappa shape index (κ1) is 15.6. The minimum absolute atomic E-state index is 0.280. The van der Waals surface area contributed by atoms with Crippen molar-refractivity contribution in [3.8, 4) is 11.8 Å². The maximum Gasteiger partial charge on any atom is 0.183 e. The normalized spacial score (nSPS) is 23.1. The van der Waals surface area contributed by atoms with Gasteiger partial charge >= 0.3 is 0 Å². The molecule has 5 heteroatoms. The molecular formula is C18H17NO3S. The van der Waals surface area contributed by atoms with Gasteiger partial charge in [0.25, 0.3) is 0 Å². The van der Waals surface area contributed by atoms with E-state index in [1.54, 1.807) is 43.5 Å². The predicted octanol–water partition coefficient (Wildman–Crippen LogP) is 3.08. The molecule has 1 aliphatic rings. The van der Waals surface area contributed by atoms with Crippen molar-refractivity contribution in [2.24, 2.45) is 5.92 Å². The third kappa shape index (κ3) is 2.71. The third-order valence-corrected chi connectivity index (χ3v) is 6.54. The highest BCUT2D eigenvalue weighted by Crippen LogP contribution is 2.53. The van der Waals surface area contributed by atoms with Gasteiger partial charge < -0.3 is 4.74 Å². The van der Waals surface area contributed by atoms with Crippen LogP contribution < -0.4 is 4.74 Å². The van der Waals surface area contributed by atoms with Crippen LogP contribution in [0.3, 0.4) is 0 Å². The van der Waals surface area contributed by atoms with Crippen molar-refractivity contribution in [3.05, 3.63) is 59.7 Å². The van der Waals surface area contributed by atoms with Gasteiger partial charge in [0.05, 0.1) is 29.2 Å². The highest BCUT2D eigenvalue weighted by atomic mass is 32.2. The first-order valence-corrected chi connectivity index (χ1v) is 8.88. The van der Waals surface area contributed by atoms with Crippen molar-refractivity contribution in [2.45, 2.75) is 23.0 Å². The summed E-state index contributed by atoms with van der Waals surface area (Å²) in [6.45, 7) is 1.91. The van der Waals surface area contributed by atoms with E-state index in [4.69, 9.17) is 4.74 Å². The Labute approximate surface area is 136 Å². The summed E-state index contributed by atoms with van der Waals surface area (Å²) >= 11 is 0. The highest BCUT2D eigenvalue weighted by Gasteiger charge is 2.59. The molecule has 1 aliphatic carbocycles. The van der Waals surface area contributed by atoms with E-state index in [0.717, 1.165) is 11.1 Å². The van der Waals surface area contributed by atoms with Gasteiger partial charge in [0, 0.05) is 5.92 Å². The molecule has 0 amide bonds. The number of rotatable bonds is 4. The van der Waals surface area contributed by atoms with Crippen LogP contribution in [0.1, 0.15) is 17.0 Å². The molecule has 1 saturated carbocycles. The molecule has 0 unspecified atom stereocenters. The maximum atomic E-state index is 12.8. The van der Waals surface area contributed by atoms with Gasteiger partial charge in [0.15, 0.2) is 9.84 Å². The molecule has 0 heterocycles. The number of hydrogen-bond donors (Lipinski definition) is 0. The Kier molecular flexibility index (Phi) is 3.87. The van der Waals surface area contributed by atoms with Crippen LogP contribution >= 0.6 is 0 Å². The average Bonchev–Trinajstić information content (AvgIpc) is 3.31. The number of hydrogen-bond acceptors (Lipinski definition) is 4. The number of sulfone groups is 1. The molecular weight excluding hydrogens is 310 g/mol. The van der Waals surface area contributed by atoms with Crippen LogP contribution in [0.4, 0.5) is 0 Å². The van der Waals surface area contributed by atoms with Crippen molar-refractivity contribution >= 4 is 9.84 Å². The lowest BCUT2D eigenvalue weighted by Gasteiger charge is -2.05. The van der Waals surface area contributed by atoms with Crippen molar-refractivity contribution in [3.63, 3.8) is 0 Å². The number of ether oxygens (including phenoxy) is 1. The van der Waals surface area contributed by atoms with E-state index in [2.05, 4.69) is 6.07 Å². The summed E-state index contributed by atoms with van der Waals surface area (Å²) in [6.07, 6.45) is 0. The second-order valence-electron chi connectivity index (χ2n) is 5.78. The van der Waals surface area contributed by atoms with Gasteiger partial charge in [0.1, 0.15) is 5.75 Å². The summed E-state index contributed by atoms with van der Waals surface area (Å²) < 4.78 is 30.7. The number of methoxy groups -OCH3 is 1. The lowest BCUT2D eigenvalue weighted by atomic mass is 10.1. The molecule has 0 radical (unpaired) electrons. The van der Waals surface area contributed by atoms with E-state index in [1.807, 2.05) is 19.1 Å². The molecule has 0 N–H and O–H groups in total. The molecule has 3 rings (SSSR count). The van der Waals surface area contributed by atoms with Crippen molar-refractivity contribution in [1.82, 2.24) is 0 Å². The molecule has 0 aromatic heterocycles. The highest BCUT2D eigenvalue weighted by molar-refractivity contribution is 7.92. The predicted molar refractivity (Wildman–Crippen MR) is 87.0 cm³/mol. The molecule has 118 valence electrons. The molecule has 2 aromatic carbocycles. The molecule has 4 nitrogen and oxygen atoms in total. The minimum atomic E-state index is -3.51. The lowest BCUT2D eigenvalue weighted by molar-refractivity contribution is 0.414. The average molecular weight is 327 g/mol. The fraction of sp³-hybridized carbons (Fsp3) is 0.278. The summed E-state index contributed by atoms with van der Waals surface area (Å²) in [5.41, 5.74) is 1.86. The van der Waals surface area contributed by atoms with Crippen molar-refractivity contribution < 1.29 is 13.2 Å². The molecule has 0 aliphatic heterocycles. The number of nitrogens with zero attached hydrogens (tertiary/aromatic N) is 1. The molecule has 0 bridgehead atoms. The number of benzene rings is 2. The lowest BCUT2D eigenvalue weighted by Crippen LogP contribution is -2.10. The Bertz CT molecular complexity index is 849. The Morgan fingerprint density at radius 3 is 2.17 bits per heavy atom. The topological polar surface area (TPSA) is 67.2 Å². The minimum Gasteiger partial charge on any atom is -0.497 e. The van der Waals surface area contributed by atoms with Gasteiger partial charge in [-0.25, -0.2) is 8.42 Å². The van der Waals surface area contributed by atoms with E-state index < -0.39 is 21.0 Å². The number of aryl methyl sites for hydroxylation is 1. The van der Waals surface area contributed by atoms with Crippen molar-refractivity contribution in [2.75, 3.05) is 7.11 Å². The van der Waals surface area contributed by atoms with Gasteiger partial charge in [-0.1, -0.05) is 29.8 Å². The van der Waals surface area contributed by atoms with Crippen LogP contribution in [0.5, 0.6) is 5.75 Å². The first-order chi connectivity index (χ1) is 11.0. The zero-order valence-corrected chi connectivity index (χ0v) is 13.7. The first-order valence-electron chi connectivity index (χ1n) is 7.33. The summed E-state index contributed by atoms with van der Waals surface area (Å²) in [6, 6.07) is 16.2. The molecule has 0 saturated heterocycles. The maximum absolute atomic E-state index is 12.8. The molecule has 2 aromatic rings. The molecule has 3 atom stereocenters. The summed E-state index contributed by atoms with van der Waals surface area (Å²) in [7, 11) is -1.93. The fourth-order valence-corrected chi connectivity index (χ4v) is 5.00. The molecule has 0 spiro atoms. The Balaban J connectivity index is 1.92. The van der Waals surface area contributed by atoms with Crippen LogP contribution in [0, 0.1) is 24.2 Å². The SMILES string of the molecule is COc1ccc([C@H]2[C@H](C#N)[C@@H]2S(=O)(=O)c2ccc(C)cc2)cc1. The second kappa shape index (κ2) is 5.71. The smallest absolute Gasteiger partial charge is 0.183 e. The van der Waals surface area contributed by atoms with Crippen LogP contribution in [-0.4, -0.2) is 20.8 Å². The van der Waals surface area contributed by atoms with E-state index >= 15 is 0 Å². The largest absolute Gasteiger partial charge is 0.497 e. The van der Waals surface area contributed by atoms with Gasteiger partial charge in [-0.15, -0.1) is 0 Å².